The molecule has 1 aromatic heterocycles. The molecule has 0 unspecified atom stereocenters. The first-order chi connectivity index (χ1) is 8.38. The van der Waals surface area contributed by atoms with Gasteiger partial charge in [0, 0.05) is 6.92 Å². The van der Waals surface area contributed by atoms with Crippen LogP contribution in [-0.4, -0.2) is 28.5 Å². The lowest BCUT2D eigenvalue weighted by atomic mass is 10.1. The van der Waals surface area contributed by atoms with E-state index in [1.54, 1.807) is 0 Å². The summed E-state index contributed by atoms with van der Waals surface area (Å²) in [7, 11) is 0. The zero-order chi connectivity index (χ0) is 13.9. The van der Waals surface area contributed by atoms with Gasteiger partial charge < -0.3 is 21.8 Å². The van der Waals surface area contributed by atoms with E-state index < -0.39 is 11.8 Å². The van der Waals surface area contributed by atoms with E-state index in [2.05, 4.69) is 10.3 Å². The highest BCUT2D eigenvalue weighted by molar-refractivity contribution is 7.99. The van der Waals surface area contributed by atoms with Gasteiger partial charge in [-0.3, -0.25) is 14.4 Å². The number of nitrogens with two attached hydrogens (primary N) is 2. The third-order valence-electron chi connectivity index (χ3n) is 2.05. The fourth-order valence-corrected chi connectivity index (χ4v) is 2.29. The minimum Gasteiger partial charge on any atom is -0.365 e. The van der Waals surface area contributed by atoms with Crippen LogP contribution in [0.15, 0.2) is 5.03 Å². The molecule has 6 N–H and O–H groups in total. The number of hydrogen-bond acceptors (Lipinski definition) is 4. The summed E-state index contributed by atoms with van der Waals surface area (Å²) >= 11 is 1.29. The lowest BCUT2D eigenvalue weighted by Crippen LogP contribution is -2.21. The second-order valence-electron chi connectivity index (χ2n) is 3.42. The Bertz CT molecular complexity index is 509. The second-order valence-corrected chi connectivity index (χ2v) is 4.70. The van der Waals surface area contributed by atoms with Crippen LogP contribution in [0.2, 0.25) is 0 Å². The van der Waals surface area contributed by atoms with Crippen molar-refractivity contribution in [3.63, 3.8) is 0 Å². The van der Waals surface area contributed by atoms with Crippen molar-refractivity contribution in [2.75, 3.05) is 11.1 Å². The van der Waals surface area contributed by atoms with Crippen LogP contribution in [0, 0.1) is 0 Å². The van der Waals surface area contributed by atoms with Gasteiger partial charge in [0.05, 0.1) is 16.2 Å². The largest absolute Gasteiger partial charge is 0.365 e. The van der Waals surface area contributed by atoms with E-state index in [-0.39, 0.29) is 22.9 Å². The smallest absolute Gasteiger partial charge is 0.253 e. The summed E-state index contributed by atoms with van der Waals surface area (Å²) in [6.45, 7) is 3.15. The van der Waals surface area contributed by atoms with E-state index in [1.807, 2.05) is 6.92 Å². The van der Waals surface area contributed by atoms with Crippen LogP contribution in [0.1, 0.15) is 34.6 Å². The van der Waals surface area contributed by atoms with E-state index in [1.165, 1.54) is 18.7 Å². The standard InChI is InChI=1S/C10H14N4O3S/c1-3-18-10-6(8(12)17)5(7(11)16)9(14-10)13-4(2)15/h14H,3H2,1-2H3,(H2,11,16)(H2,12,17)(H,13,15). The first-order valence-corrected chi connectivity index (χ1v) is 6.13. The van der Waals surface area contributed by atoms with Gasteiger partial charge in [0.25, 0.3) is 11.8 Å². The Balaban J connectivity index is 3.42. The Morgan fingerprint density at radius 1 is 1.22 bits per heavy atom. The highest BCUT2D eigenvalue weighted by atomic mass is 32.2. The number of hydrogen-bond donors (Lipinski definition) is 4. The van der Waals surface area contributed by atoms with E-state index in [4.69, 9.17) is 11.5 Å². The topological polar surface area (TPSA) is 131 Å². The van der Waals surface area contributed by atoms with Crippen molar-refractivity contribution in [3.8, 4) is 0 Å². The average Bonchev–Trinajstić information content (AvgIpc) is 2.56. The van der Waals surface area contributed by atoms with E-state index in [9.17, 15) is 14.4 Å². The predicted molar refractivity (Wildman–Crippen MR) is 68.5 cm³/mol. The number of nitrogens with one attached hydrogen (secondary N) is 2. The van der Waals surface area contributed by atoms with Crippen molar-refractivity contribution < 1.29 is 14.4 Å². The summed E-state index contributed by atoms with van der Waals surface area (Å²) in [4.78, 5) is 36.6. The van der Waals surface area contributed by atoms with Gasteiger partial charge in [-0.05, 0) is 5.75 Å². The Morgan fingerprint density at radius 3 is 2.17 bits per heavy atom. The molecule has 0 aliphatic carbocycles. The van der Waals surface area contributed by atoms with Crippen LogP contribution in [0.25, 0.3) is 0 Å². The summed E-state index contributed by atoms with van der Waals surface area (Å²) in [6, 6.07) is 0. The zero-order valence-corrected chi connectivity index (χ0v) is 10.8. The summed E-state index contributed by atoms with van der Waals surface area (Å²) < 4.78 is 0. The number of carbonyl (C=O) groups is 3. The maximum absolute atomic E-state index is 11.4. The van der Waals surface area contributed by atoms with Crippen molar-refractivity contribution >= 4 is 35.3 Å². The van der Waals surface area contributed by atoms with Gasteiger partial charge in [-0.15, -0.1) is 11.8 Å². The van der Waals surface area contributed by atoms with Gasteiger partial charge in [0.15, 0.2) is 0 Å². The molecule has 3 amide bonds. The molecule has 0 saturated carbocycles. The zero-order valence-electron chi connectivity index (χ0n) is 9.99. The van der Waals surface area contributed by atoms with Gasteiger partial charge in [0.1, 0.15) is 5.82 Å². The molecule has 0 bridgehead atoms. The highest BCUT2D eigenvalue weighted by Crippen LogP contribution is 2.30. The normalized spacial score (nSPS) is 10.1. The molecule has 0 aromatic carbocycles. The van der Waals surface area contributed by atoms with E-state index >= 15 is 0 Å². The first kappa shape index (κ1) is 14.1. The number of amides is 3. The van der Waals surface area contributed by atoms with Gasteiger partial charge in [-0.1, -0.05) is 6.92 Å². The Labute approximate surface area is 108 Å². The molecule has 0 atom stereocenters. The molecule has 1 aromatic rings. The molecule has 1 heterocycles. The first-order valence-electron chi connectivity index (χ1n) is 5.14. The number of aromatic amines is 1. The minimum absolute atomic E-state index is 0.0121. The molecule has 0 spiro atoms. The summed E-state index contributed by atoms with van der Waals surface area (Å²) in [5.41, 5.74) is 10.4. The molecule has 0 aliphatic heterocycles. The Morgan fingerprint density at radius 2 is 1.78 bits per heavy atom. The summed E-state index contributed by atoms with van der Waals surface area (Å²) in [5.74, 6) is -1.22. The predicted octanol–water partition coefficient (Wildman–Crippen LogP) is 0.283. The molecular weight excluding hydrogens is 256 g/mol. The lowest BCUT2D eigenvalue weighted by Gasteiger charge is -2.01. The van der Waals surface area contributed by atoms with E-state index in [0.717, 1.165) is 0 Å². The second kappa shape index (κ2) is 5.58. The van der Waals surface area contributed by atoms with Crippen molar-refractivity contribution in [2.24, 2.45) is 11.5 Å². The van der Waals surface area contributed by atoms with Crippen LogP contribution in [-0.2, 0) is 4.79 Å². The average molecular weight is 270 g/mol. The Kier molecular flexibility index (Phi) is 4.38. The van der Waals surface area contributed by atoms with Crippen LogP contribution >= 0.6 is 11.8 Å². The summed E-state index contributed by atoms with van der Waals surface area (Å²) in [5, 5.41) is 2.83. The number of rotatable bonds is 5. The van der Waals surface area contributed by atoms with Crippen molar-refractivity contribution in [1.29, 1.82) is 0 Å². The van der Waals surface area contributed by atoms with Gasteiger partial charge in [0.2, 0.25) is 5.91 Å². The molecule has 8 heteroatoms. The van der Waals surface area contributed by atoms with Crippen molar-refractivity contribution in [1.82, 2.24) is 4.98 Å². The summed E-state index contributed by atoms with van der Waals surface area (Å²) in [6.07, 6.45) is 0. The minimum atomic E-state index is -0.827. The molecule has 0 radical (unpaired) electrons. The molecule has 7 nitrogen and oxygen atoms in total. The maximum Gasteiger partial charge on any atom is 0.253 e. The van der Waals surface area contributed by atoms with Gasteiger partial charge in [-0.25, -0.2) is 0 Å². The molecule has 18 heavy (non-hydrogen) atoms. The van der Waals surface area contributed by atoms with Gasteiger partial charge >= 0.3 is 0 Å². The van der Waals surface area contributed by atoms with Crippen LogP contribution in [0.3, 0.4) is 0 Å². The fraction of sp³-hybridized carbons (Fsp3) is 0.300. The SMILES string of the molecule is CCSc1[nH]c(NC(C)=O)c(C(N)=O)c1C(N)=O. The molecule has 0 aliphatic rings. The van der Waals surface area contributed by atoms with Crippen LogP contribution in [0.4, 0.5) is 5.82 Å². The van der Waals surface area contributed by atoms with Gasteiger partial charge in [-0.2, -0.15) is 0 Å². The molecule has 98 valence electrons. The Hall–Kier alpha value is -1.96. The lowest BCUT2D eigenvalue weighted by molar-refractivity contribution is -0.114. The number of thioether (sulfide) groups is 1. The number of anilines is 1. The third kappa shape index (κ3) is 2.83. The molecule has 0 fully saturated rings. The van der Waals surface area contributed by atoms with Crippen molar-refractivity contribution in [3.05, 3.63) is 11.1 Å². The third-order valence-corrected chi connectivity index (χ3v) is 2.93. The quantitative estimate of drug-likeness (QED) is 0.572. The maximum atomic E-state index is 11.4. The molecular formula is C10H14N4O3S. The molecule has 1 rings (SSSR count). The monoisotopic (exact) mass is 270 g/mol. The number of aromatic nitrogens is 1. The van der Waals surface area contributed by atoms with Crippen molar-refractivity contribution in [2.45, 2.75) is 18.9 Å². The fourth-order valence-electron chi connectivity index (χ4n) is 1.48. The van der Waals surface area contributed by atoms with Crippen LogP contribution < -0.4 is 16.8 Å². The van der Waals surface area contributed by atoms with Crippen LogP contribution in [0.5, 0.6) is 0 Å². The van der Waals surface area contributed by atoms with E-state index in [0.29, 0.717) is 10.8 Å². The number of H-pyrrole nitrogens is 1. The molecule has 0 saturated heterocycles. The highest BCUT2D eigenvalue weighted by Gasteiger charge is 2.25. The number of primary amides is 2. The number of carbonyl (C=O) groups excluding carboxylic acids is 3.